The average molecular weight is 291 g/mol. The van der Waals surface area contributed by atoms with Gasteiger partial charge in [-0.2, -0.15) is 0 Å². The molecular formula is C15H21N3OS. The van der Waals surface area contributed by atoms with E-state index in [1.54, 1.807) is 18.1 Å². The number of thioether (sulfide) groups is 1. The minimum absolute atomic E-state index is 0.119. The van der Waals surface area contributed by atoms with Crippen LogP contribution in [0.5, 0.6) is 0 Å². The van der Waals surface area contributed by atoms with Gasteiger partial charge in [-0.15, -0.1) is 11.8 Å². The monoisotopic (exact) mass is 291 g/mol. The molecule has 3 rings (SSSR count). The highest BCUT2D eigenvalue weighted by atomic mass is 32.2. The lowest BCUT2D eigenvalue weighted by atomic mass is 10.2. The molecule has 0 radical (unpaired) electrons. The van der Waals surface area contributed by atoms with Crippen LogP contribution in [0.15, 0.2) is 12.4 Å². The van der Waals surface area contributed by atoms with E-state index in [4.69, 9.17) is 0 Å². The summed E-state index contributed by atoms with van der Waals surface area (Å²) >= 11 is 1.80. The minimum atomic E-state index is 0.119. The van der Waals surface area contributed by atoms with Crippen LogP contribution in [0.25, 0.3) is 0 Å². The molecule has 0 atom stereocenters. The lowest BCUT2D eigenvalue weighted by molar-refractivity contribution is -0.118. The Kier molecular flexibility index (Phi) is 4.55. The number of hydrogen-bond donors (Lipinski definition) is 1. The first-order valence-corrected chi connectivity index (χ1v) is 8.55. The first-order chi connectivity index (χ1) is 9.81. The molecule has 0 bridgehead atoms. The number of rotatable bonds is 6. The van der Waals surface area contributed by atoms with Gasteiger partial charge in [0.15, 0.2) is 0 Å². The fraction of sp³-hybridized carbons (Fsp3) is 0.667. The van der Waals surface area contributed by atoms with Crippen LogP contribution in [0.2, 0.25) is 0 Å². The maximum atomic E-state index is 11.8. The van der Waals surface area contributed by atoms with E-state index in [0.29, 0.717) is 23.5 Å². The van der Waals surface area contributed by atoms with Gasteiger partial charge in [0, 0.05) is 16.9 Å². The Morgan fingerprint density at radius 3 is 2.80 bits per heavy atom. The third-order valence-corrected chi connectivity index (χ3v) is 5.33. The molecule has 1 amide bonds. The second-order valence-corrected chi connectivity index (χ2v) is 6.99. The molecule has 108 valence electrons. The summed E-state index contributed by atoms with van der Waals surface area (Å²) in [5, 5.41) is 3.66. The van der Waals surface area contributed by atoms with Crippen LogP contribution in [0.4, 0.5) is 0 Å². The molecule has 1 aromatic rings. The zero-order chi connectivity index (χ0) is 13.8. The van der Waals surface area contributed by atoms with Gasteiger partial charge in [-0.25, -0.2) is 9.97 Å². The summed E-state index contributed by atoms with van der Waals surface area (Å²) in [6.07, 6.45) is 9.28. The summed E-state index contributed by atoms with van der Waals surface area (Å²) < 4.78 is 0. The Labute approximate surface area is 124 Å². The zero-order valence-corrected chi connectivity index (χ0v) is 12.5. The molecule has 1 N–H and O–H groups in total. The highest BCUT2D eigenvalue weighted by Crippen LogP contribution is 2.38. The van der Waals surface area contributed by atoms with Crippen molar-refractivity contribution in [2.24, 2.45) is 0 Å². The smallest absolute Gasteiger partial charge is 0.230 e. The van der Waals surface area contributed by atoms with E-state index in [2.05, 4.69) is 15.3 Å². The number of amides is 1. The van der Waals surface area contributed by atoms with E-state index in [9.17, 15) is 4.79 Å². The fourth-order valence-corrected chi connectivity index (χ4v) is 3.76. The van der Waals surface area contributed by atoms with Crippen LogP contribution in [0, 0.1) is 0 Å². The summed E-state index contributed by atoms with van der Waals surface area (Å²) in [7, 11) is 0. The van der Waals surface area contributed by atoms with Crippen molar-refractivity contribution in [2.45, 2.75) is 56.2 Å². The van der Waals surface area contributed by atoms with Crippen molar-refractivity contribution in [3.05, 3.63) is 23.8 Å². The minimum Gasteiger partial charge on any atom is -0.350 e. The molecule has 2 aliphatic carbocycles. The van der Waals surface area contributed by atoms with E-state index in [-0.39, 0.29) is 5.91 Å². The van der Waals surface area contributed by atoms with Crippen LogP contribution in [0.3, 0.4) is 0 Å². The normalized spacial score (nSPS) is 19.2. The Bertz CT molecular complexity index is 470. The molecule has 0 aliphatic heterocycles. The topological polar surface area (TPSA) is 54.9 Å². The molecule has 5 heteroatoms. The molecule has 0 saturated heterocycles. The number of nitrogens with one attached hydrogen (secondary N) is 1. The van der Waals surface area contributed by atoms with Crippen molar-refractivity contribution in [3.8, 4) is 0 Å². The lowest BCUT2D eigenvalue weighted by Crippen LogP contribution is -2.25. The highest BCUT2D eigenvalue weighted by molar-refractivity contribution is 8.00. The Balaban J connectivity index is 1.41. The molecule has 2 fully saturated rings. The van der Waals surface area contributed by atoms with E-state index in [1.165, 1.54) is 38.5 Å². The SMILES string of the molecule is O=C(CSC1CCCC1)NCc1cc(C2CC2)ncn1. The molecule has 0 spiro atoms. The van der Waals surface area contributed by atoms with Gasteiger partial charge in [0.05, 0.1) is 18.0 Å². The van der Waals surface area contributed by atoms with Crippen LogP contribution in [0.1, 0.15) is 55.8 Å². The Hall–Kier alpha value is -1.10. The predicted molar refractivity (Wildman–Crippen MR) is 80.6 cm³/mol. The highest BCUT2D eigenvalue weighted by Gasteiger charge is 2.25. The summed E-state index contributed by atoms with van der Waals surface area (Å²) in [6.45, 7) is 0.520. The lowest BCUT2D eigenvalue weighted by Gasteiger charge is -2.09. The Morgan fingerprint density at radius 2 is 2.05 bits per heavy atom. The molecular weight excluding hydrogens is 270 g/mol. The van der Waals surface area contributed by atoms with Crippen LogP contribution in [-0.2, 0) is 11.3 Å². The van der Waals surface area contributed by atoms with Crippen molar-refractivity contribution in [2.75, 3.05) is 5.75 Å². The maximum absolute atomic E-state index is 11.8. The largest absolute Gasteiger partial charge is 0.350 e. The van der Waals surface area contributed by atoms with Crippen molar-refractivity contribution >= 4 is 17.7 Å². The maximum Gasteiger partial charge on any atom is 0.230 e. The number of nitrogens with zero attached hydrogens (tertiary/aromatic N) is 2. The van der Waals surface area contributed by atoms with E-state index < -0.39 is 0 Å². The third kappa shape index (κ3) is 3.95. The first-order valence-electron chi connectivity index (χ1n) is 7.50. The number of carbonyl (C=O) groups excluding carboxylic acids is 1. The summed E-state index contributed by atoms with van der Waals surface area (Å²) in [6, 6.07) is 2.03. The molecule has 4 nitrogen and oxygen atoms in total. The first kappa shape index (κ1) is 13.9. The fourth-order valence-electron chi connectivity index (χ4n) is 2.60. The second-order valence-electron chi connectivity index (χ2n) is 5.70. The van der Waals surface area contributed by atoms with E-state index in [0.717, 1.165) is 11.4 Å². The summed E-state index contributed by atoms with van der Waals surface area (Å²) in [5.41, 5.74) is 2.05. The number of hydrogen-bond acceptors (Lipinski definition) is 4. The molecule has 2 saturated carbocycles. The predicted octanol–water partition coefficient (Wildman–Crippen LogP) is 2.65. The van der Waals surface area contributed by atoms with Crippen LogP contribution >= 0.6 is 11.8 Å². The van der Waals surface area contributed by atoms with Crippen molar-refractivity contribution in [1.82, 2.24) is 15.3 Å². The number of carbonyl (C=O) groups is 1. The molecule has 0 unspecified atom stereocenters. The van der Waals surface area contributed by atoms with Gasteiger partial charge < -0.3 is 5.32 Å². The van der Waals surface area contributed by atoms with Crippen molar-refractivity contribution < 1.29 is 4.79 Å². The Morgan fingerprint density at radius 1 is 1.25 bits per heavy atom. The van der Waals surface area contributed by atoms with Crippen LogP contribution in [-0.4, -0.2) is 26.9 Å². The van der Waals surface area contributed by atoms with E-state index in [1.807, 2.05) is 6.07 Å². The van der Waals surface area contributed by atoms with Crippen LogP contribution < -0.4 is 5.32 Å². The third-order valence-electron chi connectivity index (χ3n) is 3.96. The second kappa shape index (κ2) is 6.57. The average Bonchev–Trinajstić information content (AvgIpc) is 3.20. The van der Waals surface area contributed by atoms with Gasteiger partial charge in [0.2, 0.25) is 5.91 Å². The molecule has 2 aliphatic rings. The van der Waals surface area contributed by atoms with Gasteiger partial charge in [0.25, 0.3) is 0 Å². The van der Waals surface area contributed by atoms with E-state index >= 15 is 0 Å². The van der Waals surface area contributed by atoms with Crippen molar-refractivity contribution in [3.63, 3.8) is 0 Å². The summed E-state index contributed by atoms with van der Waals surface area (Å²) in [5.74, 6) is 1.32. The van der Waals surface area contributed by atoms with Gasteiger partial charge >= 0.3 is 0 Å². The zero-order valence-electron chi connectivity index (χ0n) is 11.7. The van der Waals surface area contributed by atoms with Gasteiger partial charge in [-0.3, -0.25) is 4.79 Å². The molecule has 1 aromatic heterocycles. The molecule has 1 heterocycles. The van der Waals surface area contributed by atoms with Crippen molar-refractivity contribution in [1.29, 1.82) is 0 Å². The molecule has 0 aromatic carbocycles. The van der Waals surface area contributed by atoms with Gasteiger partial charge in [0.1, 0.15) is 6.33 Å². The van der Waals surface area contributed by atoms with Gasteiger partial charge in [-0.05, 0) is 31.7 Å². The summed E-state index contributed by atoms with van der Waals surface area (Å²) in [4.78, 5) is 20.3. The van der Waals surface area contributed by atoms with Gasteiger partial charge in [-0.1, -0.05) is 12.8 Å². The molecule has 20 heavy (non-hydrogen) atoms. The quantitative estimate of drug-likeness (QED) is 0.875. The standard InChI is InChI=1S/C15H21N3OS/c19-15(9-20-13-3-1-2-4-13)16-8-12-7-14(11-5-6-11)18-10-17-12/h7,10-11,13H,1-6,8-9H2,(H,16,19). The number of aromatic nitrogens is 2.